The van der Waals surface area contributed by atoms with Crippen LogP contribution in [-0.4, -0.2) is 61.8 Å². The van der Waals surface area contributed by atoms with Crippen molar-refractivity contribution in [3.05, 3.63) is 0 Å². The van der Waals surface area contributed by atoms with Gasteiger partial charge in [0, 0.05) is 32.3 Å². The third kappa shape index (κ3) is 6.55. The summed E-state index contributed by atoms with van der Waals surface area (Å²) in [6.07, 6.45) is 7.44. The zero-order valence-electron chi connectivity index (χ0n) is 14.5. The van der Waals surface area contributed by atoms with E-state index >= 15 is 0 Å². The lowest BCUT2D eigenvalue weighted by Crippen LogP contribution is -2.53. The molecule has 0 spiro atoms. The number of amides is 3. The molecule has 3 amide bonds. The van der Waals surface area contributed by atoms with E-state index in [-0.39, 0.29) is 49.1 Å². The number of methoxy groups -OCH3 is 1. The van der Waals surface area contributed by atoms with Crippen LogP contribution in [0.4, 0.5) is 4.79 Å². The molecule has 2 rings (SSSR count). The highest BCUT2D eigenvalue weighted by Gasteiger charge is 2.29. The SMILES string of the molecule is COC1CCN(CC(=O)NC(=O)NC2CCCCC2)C(CN)C1.Cl. The van der Waals surface area contributed by atoms with Gasteiger partial charge >= 0.3 is 6.03 Å². The molecule has 2 fully saturated rings. The van der Waals surface area contributed by atoms with Crippen molar-refractivity contribution in [2.24, 2.45) is 5.73 Å². The summed E-state index contributed by atoms with van der Waals surface area (Å²) in [5.41, 5.74) is 5.80. The Balaban J connectivity index is 0.00000288. The average Bonchev–Trinajstić information content (AvgIpc) is 2.55. The van der Waals surface area contributed by atoms with E-state index in [1.54, 1.807) is 7.11 Å². The summed E-state index contributed by atoms with van der Waals surface area (Å²) in [5, 5.41) is 5.34. The van der Waals surface area contributed by atoms with Crippen LogP contribution in [0.25, 0.3) is 0 Å². The first-order valence-corrected chi connectivity index (χ1v) is 8.69. The zero-order chi connectivity index (χ0) is 16.7. The van der Waals surface area contributed by atoms with E-state index in [1.807, 2.05) is 4.90 Å². The van der Waals surface area contributed by atoms with E-state index in [4.69, 9.17) is 10.5 Å². The number of urea groups is 1. The largest absolute Gasteiger partial charge is 0.381 e. The van der Waals surface area contributed by atoms with E-state index in [9.17, 15) is 9.59 Å². The van der Waals surface area contributed by atoms with Crippen LogP contribution in [0.2, 0.25) is 0 Å². The van der Waals surface area contributed by atoms with E-state index in [0.717, 1.165) is 45.1 Å². The Kier molecular flexibility index (Phi) is 9.58. The van der Waals surface area contributed by atoms with Crippen molar-refractivity contribution in [3.8, 4) is 0 Å². The second-order valence-electron chi connectivity index (χ2n) is 6.60. The van der Waals surface area contributed by atoms with Crippen molar-refractivity contribution >= 4 is 24.3 Å². The molecule has 7 nitrogen and oxygen atoms in total. The molecule has 2 unspecified atom stereocenters. The highest BCUT2D eigenvalue weighted by Crippen LogP contribution is 2.19. The summed E-state index contributed by atoms with van der Waals surface area (Å²) in [6.45, 7) is 1.45. The molecular weight excluding hydrogens is 332 g/mol. The Morgan fingerprint density at radius 2 is 1.92 bits per heavy atom. The van der Waals surface area contributed by atoms with Crippen molar-refractivity contribution in [2.75, 3.05) is 26.7 Å². The van der Waals surface area contributed by atoms with Crippen molar-refractivity contribution in [2.45, 2.75) is 63.1 Å². The summed E-state index contributed by atoms with van der Waals surface area (Å²) in [6, 6.07) is -0.0513. The fraction of sp³-hybridized carbons (Fsp3) is 0.875. The van der Waals surface area contributed by atoms with Gasteiger partial charge in [-0.1, -0.05) is 19.3 Å². The topological polar surface area (TPSA) is 96.7 Å². The van der Waals surface area contributed by atoms with Crippen molar-refractivity contribution in [1.29, 1.82) is 0 Å². The molecule has 1 saturated carbocycles. The fourth-order valence-corrected chi connectivity index (χ4v) is 3.55. The lowest BCUT2D eigenvalue weighted by molar-refractivity contribution is -0.122. The highest BCUT2D eigenvalue weighted by atomic mass is 35.5. The van der Waals surface area contributed by atoms with Crippen LogP contribution in [-0.2, 0) is 9.53 Å². The summed E-state index contributed by atoms with van der Waals surface area (Å²) in [7, 11) is 1.70. The first-order chi connectivity index (χ1) is 11.1. The monoisotopic (exact) mass is 362 g/mol. The van der Waals surface area contributed by atoms with Gasteiger partial charge in [0.05, 0.1) is 12.6 Å². The Hall–Kier alpha value is -0.890. The predicted molar refractivity (Wildman–Crippen MR) is 95.2 cm³/mol. The number of nitrogens with zero attached hydrogens (tertiary/aromatic N) is 1. The molecule has 0 aromatic rings. The number of rotatable bonds is 5. The Morgan fingerprint density at radius 1 is 1.21 bits per heavy atom. The molecule has 1 aliphatic carbocycles. The quantitative estimate of drug-likeness (QED) is 0.678. The highest BCUT2D eigenvalue weighted by molar-refractivity contribution is 5.95. The zero-order valence-corrected chi connectivity index (χ0v) is 15.3. The van der Waals surface area contributed by atoms with Crippen LogP contribution in [0.15, 0.2) is 0 Å². The number of likely N-dealkylation sites (tertiary alicyclic amines) is 1. The van der Waals surface area contributed by atoms with Gasteiger partial charge in [0.15, 0.2) is 0 Å². The van der Waals surface area contributed by atoms with Gasteiger partial charge in [-0.15, -0.1) is 12.4 Å². The molecule has 1 aliphatic heterocycles. The Bertz CT molecular complexity index is 405. The number of halogens is 1. The number of carbonyl (C=O) groups is 2. The van der Waals surface area contributed by atoms with Crippen LogP contribution in [0.3, 0.4) is 0 Å². The third-order valence-corrected chi connectivity index (χ3v) is 4.94. The molecular formula is C16H31ClN4O3. The van der Waals surface area contributed by atoms with Crippen LogP contribution >= 0.6 is 12.4 Å². The number of ether oxygens (including phenoxy) is 1. The molecule has 2 atom stereocenters. The number of carbonyl (C=O) groups excluding carboxylic acids is 2. The lowest BCUT2D eigenvalue weighted by Gasteiger charge is -2.37. The minimum absolute atomic E-state index is 0. The van der Waals surface area contributed by atoms with Crippen LogP contribution in [0, 0.1) is 0 Å². The second kappa shape index (κ2) is 10.9. The Morgan fingerprint density at radius 3 is 2.54 bits per heavy atom. The normalized spacial score (nSPS) is 25.6. The number of nitrogens with one attached hydrogen (secondary N) is 2. The van der Waals surface area contributed by atoms with Gasteiger partial charge in [-0.05, 0) is 25.7 Å². The fourth-order valence-electron chi connectivity index (χ4n) is 3.55. The van der Waals surface area contributed by atoms with Gasteiger partial charge in [0.1, 0.15) is 0 Å². The van der Waals surface area contributed by atoms with Crippen LogP contribution < -0.4 is 16.4 Å². The van der Waals surface area contributed by atoms with Crippen LogP contribution in [0.1, 0.15) is 44.9 Å². The molecule has 140 valence electrons. The molecule has 0 aromatic carbocycles. The van der Waals surface area contributed by atoms with Gasteiger partial charge in [0.25, 0.3) is 0 Å². The molecule has 0 bridgehead atoms. The predicted octanol–water partition coefficient (Wildman–Crippen LogP) is 1.00. The lowest BCUT2D eigenvalue weighted by atomic mass is 9.96. The maximum absolute atomic E-state index is 12.1. The second-order valence-corrected chi connectivity index (χ2v) is 6.60. The number of hydrogen-bond acceptors (Lipinski definition) is 5. The molecule has 0 radical (unpaired) electrons. The maximum Gasteiger partial charge on any atom is 0.321 e. The molecule has 1 saturated heterocycles. The van der Waals surface area contributed by atoms with E-state index < -0.39 is 0 Å². The van der Waals surface area contributed by atoms with E-state index in [2.05, 4.69) is 10.6 Å². The first-order valence-electron chi connectivity index (χ1n) is 8.69. The molecule has 1 heterocycles. The molecule has 4 N–H and O–H groups in total. The van der Waals surface area contributed by atoms with Crippen molar-refractivity contribution in [1.82, 2.24) is 15.5 Å². The maximum atomic E-state index is 12.1. The smallest absolute Gasteiger partial charge is 0.321 e. The summed E-state index contributed by atoms with van der Waals surface area (Å²) < 4.78 is 5.38. The average molecular weight is 363 g/mol. The number of piperidine rings is 1. The van der Waals surface area contributed by atoms with Gasteiger partial charge in [-0.3, -0.25) is 15.0 Å². The minimum atomic E-state index is -0.377. The van der Waals surface area contributed by atoms with Crippen LogP contribution in [0.5, 0.6) is 0 Å². The third-order valence-electron chi connectivity index (χ3n) is 4.94. The number of hydrogen-bond donors (Lipinski definition) is 3. The minimum Gasteiger partial charge on any atom is -0.381 e. The van der Waals surface area contributed by atoms with Gasteiger partial charge in [-0.2, -0.15) is 0 Å². The van der Waals surface area contributed by atoms with E-state index in [0.29, 0.717) is 6.54 Å². The molecule has 2 aliphatic rings. The summed E-state index contributed by atoms with van der Waals surface area (Å²) >= 11 is 0. The Labute approximate surface area is 150 Å². The first kappa shape index (κ1) is 21.2. The van der Waals surface area contributed by atoms with Gasteiger partial charge < -0.3 is 15.8 Å². The van der Waals surface area contributed by atoms with Crippen molar-refractivity contribution in [3.63, 3.8) is 0 Å². The van der Waals surface area contributed by atoms with E-state index in [1.165, 1.54) is 6.42 Å². The number of nitrogens with two attached hydrogens (primary N) is 1. The van der Waals surface area contributed by atoms with Crippen molar-refractivity contribution < 1.29 is 14.3 Å². The number of imide groups is 1. The summed E-state index contributed by atoms with van der Waals surface area (Å²) in [4.78, 5) is 26.0. The van der Waals surface area contributed by atoms with Gasteiger partial charge in [-0.25, -0.2) is 4.79 Å². The van der Waals surface area contributed by atoms with Gasteiger partial charge in [0.2, 0.25) is 5.91 Å². The molecule has 8 heteroatoms. The standard InChI is InChI=1S/C16H30N4O3.ClH/c1-23-14-7-8-20(13(9-14)10-17)11-15(21)19-16(22)18-12-5-3-2-4-6-12;/h12-14H,2-11,17H2,1H3,(H2,18,19,21,22);1H. The molecule has 0 aromatic heterocycles. The molecule has 24 heavy (non-hydrogen) atoms. The summed E-state index contributed by atoms with van der Waals surface area (Å²) in [5.74, 6) is -0.271.